The van der Waals surface area contributed by atoms with E-state index >= 15 is 0 Å². The van der Waals surface area contributed by atoms with Gasteiger partial charge in [0.2, 0.25) is 0 Å². The van der Waals surface area contributed by atoms with Crippen LogP contribution >= 0.6 is 27.5 Å². The van der Waals surface area contributed by atoms with Crippen LogP contribution in [0.4, 0.5) is 0 Å². The third-order valence-corrected chi connectivity index (χ3v) is 2.68. The smallest absolute Gasteiger partial charge is 0.0790 e. The Bertz CT molecular complexity index is 248. The Labute approximate surface area is 91.9 Å². The summed E-state index contributed by atoms with van der Waals surface area (Å²) in [6.45, 7) is 0. The van der Waals surface area contributed by atoms with Crippen molar-refractivity contribution in [3.63, 3.8) is 0 Å². The maximum absolute atomic E-state index is 9.68. The van der Waals surface area contributed by atoms with Crippen molar-refractivity contribution in [1.82, 2.24) is 0 Å². The molecule has 1 aromatic rings. The van der Waals surface area contributed by atoms with Gasteiger partial charge in [-0.2, -0.15) is 0 Å². The molecule has 0 aliphatic carbocycles. The predicted molar refractivity (Wildman–Crippen MR) is 59.4 cm³/mol. The first-order valence-electron chi connectivity index (χ1n) is 4.23. The third kappa shape index (κ3) is 3.67. The largest absolute Gasteiger partial charge is 0.388 e. The lowest BCUT2D eigenvalue weighted by Crippen LogP contribution is -1.97. The van der Waals surface area contributed by atoms with E-state index in [-0.39, 0.29) is 6.10 Å². The van der Waals surface area contributed by atoms with E-state index in [0.29, 0.717) is 5.02 Å². The number of aliphatic hydroxyl groups is 1. The number of hydrogen-bond donors (Lipinski definition) is 1. The quantitative estimate of drug-likeness (QED) is 0.824. The molecule has 0 spiro atoms. The van der Waals surface area contributed by atoms with E-state index in [1.54, 1.807) is 12.1 Å². The van der Waals surface area contributed by atoms with E-state index in [0.717, 1.165) is 23.7 Å². The lowest BCUT2D eigenvalue weighted by atomic mass is 10.1. The van der Waals surface area contributed by atoms with Crippen LogP contribution in [0.15, 0.2) is 24.3 Å². The maximum atomic E-state index is 9.68. The molecule has 0 aliphatic rings. The van der Waals surface area contributed by atoms with E-state index in [2.05, 4.69) is 15.9 Å². The molecular formula is C10H12BrClO. The number of hydrogen-bond acceptors (Lipinski definition) is 1. The van der Waals surface area contributed by atoms with Gasteiger partial charge < -0.3 is 5.11 Å². The summed E-state index contributed by atoms with van der Waals surface area (Å²) in [5.41, 5.74) is 0.936. The van der Waals surface area contributed by atoms with Crippen LogP contribution in [0.2, 0.25) is 5.02 Å². The van der Waals surface area contributed by atoms with Crippen molar-refractivity contribution in [3.8, 4) is 0 Å². The van der Waals surface area contributed by atoms with Crippen molar-refractivity contribution in [2.24, 2.45) is 0 Å². The molecule has 0 heterocycles. The van der Waals surface area contributed by atoms with Gasteiger partial charge >= 0.3 is 0 Å². The SMILES string of the molecule is O[C@H](CCCBr)c1ccc(Cl)cc1. The van der Waals surface area contributed by atoms with Crippen LogP contribution in [0, 0.1) is 0 Å². The molecule has 72 valence electrons. The van der Waals surface area contributed by atoms with Gasteiger partial charge in [0.05, 0.1) is 6.10 Å². The van der Waals surface area contributed by atoms with Gasteiger partial charge in [-0.15, -0.1) is 0 Å². The molecule has 0 saturated carbocycles. The monoisotopic (exact) mass is 262 g/mol. The minimum absolute atomic E-state index is 0.366. The first-order valence-corrected chi connectivity index (χ1v) is 5.73. The molecule has 0 bridgehead atoms. The van der Waals surface area contributed by atoms with E-state index in [9.17, 15) is 5.11 Å². The fourth-order valence-corrected chi connectivity index (χ4v) is 1.57. The minimum Gasteiger partial charge on any atom is -0.388 e. The van der Waals surface area contributed by atoms with Crippen molar-refractivity contribution in [1.29, 1.82) is 0 Å². The van der Waals surface area contributed by atoms with Gasteiger partial charge in [-0.25, -0.2) is 0 Å². The summed E-state index contributed by atoms with van der Waals surface area (Å²) in [6, 6.07) is 7.32. The highest BCUT2D eigenvalue weighted by molar-refractivity contribution is 9.09. The van der Waals surface area contributed by atoms with E-state index in [4.69, 9.17) is 11.6 Å². The normalized spacial score (nSPS) is 12.8. The van der Waals surface area contributed by atoms with E-state index in [1.807, 2.05) is 12.1 Å². The van der Waals surface area contributed by atoms with E-state index < -0.39 is 0 Å². The average molecular weight is 264 g/mol. The van der Waals surface area contributed by atoms with Crippen LogP contribution in [0.25, 0.3) is 0 Å². The lowest BCUT2D eigenvalue weighted by molar-refractivity contribution is 0.167. The van der Waals surface area contributed by atoms with Gasteiger partial charge in [-0.3, -0.25) is 0 Å². The number of benzene rings is 1. The summed E-state index contributed by atoms with van der Waals surface area (Å²) in [4.78, 5) is 0. The van der Waals surface area contributed by atoms with Crippen molar-refractivity contribution < 1.29 is 5.11 Å². The van der Waals surface area contributed by atoms with Gasteiger partial charge in [-0.1, -0.05) is 39.7 Å². The zero-order valence-electron chi connectivity index (χ0n) is 7.21. The second-order valence-electron chi connectivity index (χ2n) is 2.90. The molecule has 0 radical (unpaired) electrons. The Balaban J connectivity index is 2.55. The number of halogens is 2. The molecule has 3 heteroatoms. The summed E-state index contributed by atoms with van der Waals surface area (Å²) >= 11 is 9.06. The third-order valence-electron chi connectivity index (χ3n) is 1.87. The Morgan fingerprint density at radius 1 is 1.31 bits per heavy atom. The highest BCUT2D eigenvalue weighted by Crippen LogP contribution is 2.20. The Hall–Kier alpha value is -0.0500. The molecule has 0 unspecified atom stereocenters. The minimum atomic E-state index is -0.366. The van der Waals surface area contributed by atoms with Crippen LogP contribution < -0.4 is 0 Å². The van der Waals surface area contributed by atoms with Crippen LogP contribution in [0.1, 0.15) is 24.5 Å². The second-order valence-corrected chi connectivity index (χ2v) is 4.13. The topological polar surface area (TPSA) is 20.2 Å². The fraction of sp³-hybridized carbons (Fsp3) is 0.400. The Morgan fingerprint density at radius 3 is 2.46 bits per heavy atom. The van der Waals surface area contributed by atoms with Crippen LogP contribution in [-0.4, -0.2) is 10.4 Å². The second kappa shape index (κ2) is 5.63. The van der Waals surface area contributed by atoms with Gasteiger partial charge in [0.1, 0.15) is 0 Å². The maximum Gasteiger partial charge on any atom is 0.0790 e. The summed E-state index contributed by atoms with van der Waals surface area (Å²) in [5, 5.41) is 11.3. The first-order chi connectivity index (χ1) is 6.24. The number of alkyl halides is 1. The molecule has 1 N–H and O–H groups in total. The predicted octanol–water partition coefficient (Wildman–Crippen LogP) is 3.55. The van der Waals surface area contributed by atoms with Crippen LogP contribution in [-0.2, 0) is 0 Å². The van der Waals surface area contributed by atoms with Crippen LogP contribution in [0.5, 0.6) is 0 Å². The molecule has 1 nitrogen and oxygen atoms in total. The highest BCUT2D eigenvalue weighted by atomic mass is 79.9. The van der Waals surface area contributed by atoms with Crippen molar-refractivity contribution >= 4 is 27.5 Å². The van der Waals surface area contributed by atoms with Gasteiger partial charge in [0.25, 0.3) is 0 Å². The molecule has 13 heavy (non-hydrogen) atoms. The average Bonchev–Trinajstić information content (AvgIpc) is 2.15. The summed E-state index contributed by atoms with van der Waals surface area (Å²) in [7, 11) is 0. The summed E-state index contributed by atoms with van der Waals surface area (Å²) in [5.74, 6) is 0. The first kappa shape index (κ1) is 11.0. The molecule has 0 fully saturated rings. The lowest BCUT2D eigenvalue weighted by Gasteiger charge is -2.09. The van der Waals surface area contributed by atoms with Crippen molar-refractivity contribution in [2.75, 3.05) is 5.33 Å². The zero-order chi connectivity index (χ0) is 9.68. The molecule has 0 aliphatic heterocycles. The van der Waals surface area contributed by atoms with Crippen molar-refractivity contribution in [2.45, 2.75) is 18.9 Å². The molecular weight excluding hydrogens is 251 g/mol. The zero-order valence-corrected chi connectivity index (χ0v) is 9.55. The number of aliphatic hydroxyl groups excluding tert-OH is 1. The Morgan fingerprint density at radius 2 is 1.92 bits per heavy atom. The summed E-state index contributed by atoms with van der Waals surface area (Å²) < 4.78 is 0. The highest BCUT2D eigenvalue weighted by Gasteiger charge is 2.05. The van der Waals surface area contributed by atoms with Gasteiger partial charge in [-0.05, 0) is 30.5 Å². The molecule has 0 amide bonds. The molecule has 1 aromatic carbocycles. The number of rotatable bonds is 4. The van der Waals surface area contributed by atoms with Crippen LogP contribution in [0.3, 0.4) is 0 Å². The van der Waals surface area contributed by atoms with E-state index in [1.165, 1.54) is 0 Å². The van der Waals surface area contributed by atoms with Gasteiger partial charge in [0.15, 0.2) is 0 Å². The fourth-order valence-electron chi connectivity index (χ4n) is 1.12. The summed E-state index contributed by atoms with van der Waals surface area (Å²) in [6.07, 6.45) is 1.39. The Kier molecular flexibility index (Phi) is 4.78. The van der Waals surface area contributed by atoms with Crippen molar-refractivity contribution in [3.05, 3.63) is 34.9 Å². The molecule has 0 saturated heterocycles. The molecule has 0 aromatic heterocycles. The molecule has 1 atom stereocenters. The molecule has 1 rings (SSSR count). The van der Waals surface area contributed by atoms with Gasteiger partial charge in [0, 0.05) is 10.4 Å². The standard InChI is InChI=1S/C10H12BrClO/c11-7-1-2-10(13)8-3-5-9(12)6-4-8/h3-6,10,13H,1-2,7H2/t10-/m1/s1.